The highest BCUT2D eigenvalue weighted by Crippen LogP contribution is 2.25. The lowest BCUT2D eigenvalue weighted by Crippen LogP contribution is -2.39. The SMILES string of the molecule is COCCCN(CC(=O)Nc1cc(-c2ccccc2)nn1-c1ccc(F)cc1)S(=O)(=O)c1ccc(Cl)cc1. The number of halogens is 2. The van der Waals surface area contributed by atoms with Crippen LogP contribution in [0.4, 0.5) is 10.2 Å². The predicted octanol–water partition coefficient (Wildman–Crippen LogP) is 5.00. The maximum atomic E-state index is 13.5. The number of carbonyl (C=O) groups excluding carboxylic acids is 1. The molecular formula is C27H26ClFN4O4S. The van der Waals surface area contributed by atoms with Crippen molar-refractivity contribution in [1.29, 1.82) is 0 Å². The first kappa shape index (κ1) is 27.5. The van der Waals surface area contributed by atoms with Gasteiger partial charge in [-0.05, 0) is 55.0 Å². The molecule has 0 aliphatic rings. The maximum Gasteiger partial charge on any atom is 0.243 e. The molecule has 1 amide bonds. The topological polar surface area (TPSA) is 93.5 Å². The molecule has 0 spiro atoms. The van der Waals surface area contributed by atoms with Crippen molar-refractivity contribution in [2.75, 3.05) is 32.1 Å². The molecule has 1 aromatic heterocycles. The Kier molecular flexibility index (Phi) is 8.90. The number of amides is 1. The van der Waals surface area contributed by atoms with Crippen LogP contribution in [0.25, 0.3) is 16.9 Å². The van der Waals surface area contributed by atoms with E-state index in [1.165, 1.54) is 60.3 Å². The highest BCUT2D eigenvalue weighted by Gasteiger charge is 2.27. The van der Waals surface area contributed by atoms with Crippen molar-refractivity contribution in [2.45, 2.75) is 11.3 Å². The summed E-state index contributed by atoms with van der Waals surface area (Å²) in [6.45, 7) is -0.0469. The van der Waals surface area contributed by atoms with Crippen LogP contribution in [0.2, 0.25) is 5.02 Å². The molecule has 0 unspecified atom stereocenters. The van der Waals surface area contributed by atoms with Crippen molar-refractivity contribution in [3.63, 3.8) is 0 Å². The van der Waals surface area contributed by atoms with Gasteiger partial charge in [-0.1, -0.05) is 41.9 Å². The molecule has 1 N–H and O–H groups in total. The highest BCUT2D eigenvalue weighted by atomic mass is 35.5. The third-order valence-electron chi connectivity index (χ3n) is 5.64. The van der Waals surface area contributed by atoms with Gasteiger partial charge in [0.05, 0.1) is 22.8 Å². The second kappa shape index (κ2) is 12.3. The van der Waals surface area contributed by atoms with Gasteiger partial charge in [0.1, 0.15) is 11.6 Å². The van der Waals surface area contributed by atoms with Crippen LogP contribution in [0.15, 0.2) is 89.8 Å². The van der Waals surface area contributed by atoms with E-state index in [1.807, 2.05) is 30.3 Å². The number of rotatable bonds is 11. The smallest absolute Gasteiger partial charge is 0.243 e. The van der Waals surface area contributed by atoms with Crippen LogP contribution in [-0.2, 0) is 19.6 Å². The van der Waals surface area contributed by atoms with Crippen molar-refractivity contribution in [3.05, 3.63) is 95.8 Å². The number of ether oxygens (including phenoxy) is 1. The third-order valence-corrected chi connectivity index (χ3v) is 7.76. The fraction of sp³-hybridized carbons (Fsp3) is 0.185. The number of methoxy groups -OCH3 is 1. The lowest BCUT2D eigenvalue weighted by molar-refractivity contribution is -0.116. The summed E-state index contributed by atoms with van der Waals surface area (Å²) in [4.78, 5) is 13.2. The van der Waals surface area contributed by atoms with Crippen LogP contribution >= 0.6 is 11.6 Å². The van der Waals surface area contributed by atoms with Gasteiger partial charge in [0, 0.05) is 36.9 Å². The average molecular weight is 557 g/mol. The normalized spacial score (nSPS) is 11.6. The third kappa shape index (κ3) is 6.65. The Morgan fingerprint density at radius 1 is 1.05 bits per heavy atom. The van der Waals surface area contributed by atoms with Crippen LogP contribution in [-0.4, -0.2) is 55.2 Å². The molecule has 0 aliphatic heterocycles. The second-order valence-electron chi connectivity index (χ2n) is 8.36. The van der Waals surface area contributed by atoms with Gasteiger partial charge in [0.2, 0.25) is 15.9 Å². The van der Waals surface area contributed by atoms with E-state index >= 15 is 0 Å². The summed E-state index contributed by atoms with van der Waals surface area (Å²) in [5.41, 5.74) is 1.92. The van der Waals surface area contributed by atoms with Gasteiger partial charge in [-0.2, -0.15) is 9.40 Å². The highest BCUT2D eigenvalue weighted by molar-refractivity contribution is 7.89. The molecule has 4 aromatic rings. The van der Waals surface area contributed by atoms with Gasteiger partial charge < -0.3 is 10.1 Å². The van der Waals surface area contributed by atoms with Crippen molar-refractivity contribution >= 4 is 33.3 Å². The molecule has 198 valence electrons. The van der Waals surface area contributed by atoms with E-state index < -0.39 is 28.3 Å². The zero-order chi connectivity index (χ0) is 27.1. The van der Waals surface area contributed by atoms with Gasteiger partial charge in [0.25, 0.3) is 0 Å². The number of sulfonamides is 1. The zero-order valence-electron chi connectivity index (χ0n) is 20.6. The molecule has 0 saturated carbocycles. The molecule has 0 aliphatic carbocycles. The molecule has 8 nitrogen and oxygen atoms in total. The van der Waals surface area contributed by atoms with Crippen molar-refractivity contribution < 1.29 is 22.3 Å². The van der Waals surface area contributed by atoms with Crippen molar-refractivity contribution in [1.82, 2.24) is 14.1 Å². The molecule has 0 bridgehead atoms. The number of anilines is 1. The number of hydrogen-bond acceptors (Lipinski definition) is 5. The Bertz CT molecular complexity index is 1480. The fourth-order valence-electron chi connectivity index (χ4n) is 3.77. The fourth-order valence-corrected chi connectivity index (χ4v) is 5.33. The van der Waals surface area contributed by atoms with E-state index in [2.05, 4.69) is 10.4 Å². The Hall–Kier alpha value is -3.57. The summed E-state index contributed by atoms with van der Waals surface area (Å²) in [6, 6.07) is 22.5. The molecule has 11 heteroatoms. The van der Waals surface area contributed by atoms with Crippen LogP contribution in [0, 0.1) is 5.82 Å². The minimum atomic E-state index is -4.00. The van der Waals surface area contributed by atoms with E-state index in [4.69, 9.17) is 16.3 Å². The van der Waals surface area contributed by atoms with Crippen molar-refractivity contribution in [3.8, 4) is 16.9 Å². The molecule has 1 heterocycles. The van der Waals surface area contributed by atoms with E-state index in [0.29, 0.717) is 35.2 Å². The molecule has 0 saturated heterocycles. The molecule has 38 heavy (non-hydrogen) atoms. The molecule has 0 atom stereocenters. The second-order valence-corrected chi connectivity index (χ2v) is 10.7. The Labute approximate surface area is 225 Å². The number of hydrogen-bond donors (Lipinski definition) is 1. The zero-order valence-corrected chi connectivity index (χ0v) is 22.1. The van der Waals surface area contributed by atoms with E-state index in [-0.39, 0.29) is 11.4 Å². The molecule has 3 aromatic carbocycles. The lowest BCUT2D eigenvalue weighted by atomic mass is 10.2. The summed E-state index contributed by atoms with van der Waals surface area (Å²) < 4.78 is 47.9. The Morgan fingerprint density at radius 3 is 2.39 bits per heavy atom. The van der Waals surface area contributed by atoms with Gasteiger partial charge in [-0.3, -0.25) is 4.79 Å². The summed E-state index contributed by atoms with van der Waals surface area (Å²) >= 11 is 5.92. The van der Waals surface area contributed by atoms with E-state index in [9.17, 15) is 17.6 Å². The van der Waals surface area contributed by atoms with Crippen LogP contribution in [0.5, 0.6) is 0 Å². The van der Waals surface area contributed by atoms with Gasteiger partial charge in [0.15, 0.2) is 0 Å². The summed E-state index contributed by atoms with van der Waals surface area (Å²) in [5, 5.41) is 7.77. The van der Waals surface area contributed by atoms with Gasteiger partial charge in [-0.15, -0.1) is 0 Å². The average Bonchev–Trinajstić information content (AvgIpc) is 3.33. The van der Waals surface area contributed by atoms with Crippen LogP contribution in [0.1, 0.15) is 6.42 Å². The Morgan fingerprint density at radius 2 is 1.74 bits per heavy atom. The lowest BCUT2D eigenvalue weighted by Gasteiger charge is -2.22. The quantitative estimate of drug-likeness (QED) is 0.262. The molecule has 0 radical (unpaired) electrons. The maximum absolute atomic E-state index is 13.5. The van der Waals surface area contributed by atoms with Crippen LogP contribution in [0.3, 0.4) is 0 Å². The minimum Gasteiger partial charge on any atom is -0.385 e. The first-order chi connectivity index (χ1) is 18.3. The number of benzene rings is 3. The van der Waals surface area contributed by atoms with Crippen molar-refractivity contribution in [2.24, 2.45) is 0 Å². The number of nitrogens with zero attached hydrogens (tertiary/aromatic N) is 3. The van der Waals surface area contributed by atoms with E-state index in [0.717, 1.165) is 9.87 Å². The number of carbonyl (C=O) groups is 1. The Balaban J connectivity index is 1.62. The summed E-state index contributed by atoms with van der Waals surface area (Å²) in [6.07, 6.45) is 0.391. The first-order valence-corrected chi connectivity index (χ1v) is 13.6. The predicted molar refractivity (Wildman–Crippen MR) is 144 cm³/mol. The largest absolute Gasteiger partial charge is 0.385 e. The number of nitrogens with one attached hydrogen (secondary N) is 1. The standard InChI is InChI=1S/C27H26ClFN4O4S/c1-37-17-5-16-32(38(35,36)24-14-8-21(28)9-15-24)19-27(34)30-26-18-25(20-6-3-2-4-7-20)31-33(26)23-12-10-22(29)11-13-23/h2-4,6-15,18H,5,16-17,19H2,1H3,(H,30,34). The van der Waals surface area contributed by atoms with E-state index in [1.54, 1.807) is 6.07 Å². The molecule has 0 fully saturated rings. The summed E-state index contributed by atoms with van der Waals surface area (Å²) in [5.74, 6) is -0.669. The minimum absolute atomic E-state index is 0.0230. The summed E-state index contributed by atoms with van der Waals surface area (Å²) in [7, 11) is -2.48. The first-order valence-electron chi connectivity index (χ1n) is 11.7. The molecular weight excluding hydrogens is 531 g/mol. The number of aromatic nitrogens is 2. The molecule has 4 rings (SSSR count). The monoisotopic (exact) mass is 556 g/mol. The van der Waals surface area contributed by atoms with Gasteiger partial charge in [-0.25, -0.2) is 17.5 Å². The van der Waals surface area contributed by atoms with Crippen LogP contribution < -0.4 is 5.32 Å². The van der Waals surface area contributed by atoms with Gasteiger partial charge >= 0.3 is 0 Å².